The second kappa shape index (κ2) is 15.2. The van der Waals surface area contributed by atoms with E-state index in [-0.39, 0.29) is 24.0 Å². The van der Waals surface area contributed by atoms with E-state index in [1.54, 1.807) is 7.11 Å². The summed E-state index contributed by atoms with van der Waals surface area (Å²) >= 11 is 0. The van der Waals surface area contributed by atoms with Gasteiger partial charge in [-0.25, -0.2) is 13.8 Å². The molecule has 0 fully saturated rings. The fourth-order valence-electron chi connectivity index (χ4n) is 1.46. The molecule has 20 heavy (non-hydrogen) atoms. The monoisotopic (exact) mass is 408 g/mol. The van der Waals surface area contributed by atoms with Gasteiger partial charge in [-0.15, -0.1) is 24.0 Å². The number of halogens is 3. The van der Waals surface area contributed by atoms with E-state index in [1.165, 1.54) is 0 Å². The number of methoxy groups -OCH3 is 1. The maximum atomic E-state index is 12.1. The first-order valence-corrected chi connectivity index (χ1v) is 6.58. The average molecular weight is 408 g/mol. The number of aliphatic imine (C=N–C) groups is 1. The van der Waals surface area contributed by atoms with Crippen LogP contribution in [0.1, 0.15) is 13.3 Å². The number of likely N-dealkylation sites (N-methyl/N-ethyl adjacent to an activating group) is 1. The van der Waals surface area contributed by atoms with Crippen LogP contribution in [0.25, 0.3) is 0 Å². The van der Waals surface area contributed by atoms with Crippen molar-refractivity contribution in [3.8, 4) is 0 Å². The summed E-state index contributed by atoms with van der Waals surface area (Å²) in [4.78, 5) is 5.95. The quantitative estimate of drug-likeness (QED) is 0.248. The Hall–Kier alpha value is -0.220. The third kappa shape index (κ3) is 14.2. The highest BCUT2D eigenvalue weighted by molar-refractivity contribution is 14.0. The van der Waals surface area contributed by atoms with E-state index in [0.717, 1.165) is 26.1 Å². The molecule has 0 aliphatic carbocycles. The van der Waals surface area contributed by atoms with Gasteiger partial charge in [0.2, 0.25) is 0 Å². The molecule has 0 aliphatic rings. The Morgan fingerprint density at radius 2 is 2.00 bits per heavy atom. The van der Waals surface area contributed by atoms with E-state index in [4.69, 9.17) is 4.74 Å². The van der Waals surface area contributed by atoms with Crippen LogP contribution < -0.4 is 10.6 Å². The highest BCUT2D eigenvalue weighted by Gasteiger charge is 2.03. The van der Waals surface area contributed by atoms with Crippen LogP contribution in [0.3, 0.4) is 0 Å². The molecule has 0 aliphatic heterocycles. The van der Waals surface area contributed by atoms with Crippen LogP contribution in [0, 0.1) is 0 Å². The Balaban J connectivity index is 0. The van der Waals surface area contributed by atoms with Gasteiger partial charge in [0.05, 0.1) is 0 Å². The van der Waals surface area contributed by atoms with E-state index in [0.29, 0.717) is 19.0 Å². The lowest BCUT2D eigenvalue weighted by Crippen LogP contribution is -2.41. The summed E-state index contributed by atoms with van der Waals surface area (Å²) in [6.45, 7) is 5.26. The smallest absolute Gasteiger partial charge is 0.257 e. The Labute approximate surface area is 137 Å². The van der Waals surface area contributed by atoms with Crippen LogP contribution in [0.2, 0.25) is 0 Å². The van der Waals surface area contributed by atoms with Crippen molar-refractivity contribution in [2.24, 2.45) is 4.99 Å². The van der Waals surface area contributed by atoms with Crippen LogP contribution in [0.15, 0.2) is 4.99 Å². The average Bonchev–Trinajstić information content (AvgIpc) is 2.36. The number of guanidine groups is 1. The molecule has 0 heterocycles. The second-order valence-corrected chi connectivity index (χ2v) is 4.19. The van der Waals surface area contributed by atoms with Crippen LogP contribution in [0.4, 0.5) is 8.78 Å². The van der Waals surface area contributed by atoms with Crippen molar-refractivity contribution in [2.75, 3.05) is 53.5 Å². The molecule has 0 aromatic carbocycles. The van der Waals surface area contributed by atoms with Crippen LogP contribution in [0.5, 0.6) is 0 Å². The zero-order chi connectivity index (χ0) is 14.5. The van der Waals surface area contributed by atoms with E-state index in [9.17, 15) is 8.78 Å². The van der Waals surface area contributed by atoms with Crippen LogP contribution in [-0.4, -0.2) is 70.8 Å². The first kappa shape index (κ1) is 22.1. The molecule has 2 N–H and O–H groups in total. The lowest BCUT2D eigenvalue weighted by atomic mass is 10.4. The lowest BCUT2D eigenvalue weighted by molar-refractivity contribution is 0.158. The van der Waals surface area contributed by atoms with E-state index in [1.807, 2.05) is 14.0 Å². The number of hydrogen-bond acceptors (Lipinski definition) is 3. The molecule has 0 saturated heterocycles. The molecule has 0 radical (unpaired) electrons. The minimum atomic E-state index is -2.41. The molecule has 0 atom stereocenters. The van der Waals surface area contributed by atoms with Gasteiger partial charge >= 0.3 is 0 Å². The maximum absolute atomic E-state index is 12.1. The molecule has 0 bridgehead atoms. The fraction of sp³-hybridized carbons (Fsp3) is 0.917. The third-order valence-electron chi connectivity index (χ3n) is 2.41. The Kier molecular flexibility index (Phi) is 16.7. The number of nitrogens with zero attached hydrogens (tertiary/aromatic N) is 2. The van der Waals surface area contributed by atoms with Crippen molar-refractivity contribution >= 4 is 29.9 Å². The van der Waals surface area contributed by atoms with Crippen molar-refractivity contribution in [3.63, 3.8) is 0 Å². The normalized spacial score (nSPS) is 11.7. The topological polar surface area (TPSA) is 48.9 Å². The Morgan fingerprint density at radius 3 is 2.55 bits per heavy atom. The Bertz CT molecular complexity index is 245. The first-order chi connectivity index (χ1) is 9.10. The van der Waals surface area contributed by atoms with Crippen molar-refractivity contribution in [3.05, 3.63) is 0 Å². The largest absolute Gasteiger partial charge is 0.385 e. The van der Waals surface area contributed by atoms with Gasteiger partial charge in [0, 0.05) is 39.9 Å². The second-order valence-electron chi connectivity index (χ2n) is 4.19. The number of hydrogen-bond donors (Lipinski definition) is 2. The molecular formula is C12H27F2IN4O. The Morgan fingerprint density at radius 1 is 1.30 bits per heavy atom. The van der Waals surface area contributed by atoms with Crippen LogP contribution >= 0.6 is 24.0 Å². The molecule has 8 heteroatoms. The molecule has 0 aromatic heterocycles. The minimum Gasteiger partial charge on any atom is -0.385 e. The summed E-state index contributed by atoms with van der Waals surface area (Å²) in [5.74, 6) is 0.438. The van der Waals surface area contributed by atoms with Crippen molar-refractivity contribution in [1.29, 1.82) is 0 Å². The van der Waals surface area contributed by atoms with E-state index < -0.39 is 13.0 Å². The zero-order valence-electron chi connectivity index (χ0n) is 12.5. The SMILES string of the molecule is CCNC(=NCC(F)F)NCCN(C)CCCOC.I. The number of ether oxygens (including phenoxy) is 1. The first-order valence-electron chi connectivity index (χ1n) is 6.58. The number of nitrogens with one attached hydrogen (secondary N) is 2. The summed E-state index contributed by atoms with van der Waals surface area (Å²) in [6.07, 6.45) is -1.43. The molecule has 5 nitrogen and oxygen atoms in total. The van der Waals surface area contributed by atoms with Gasteiger partial charge in [-0.05, 0) is 20.4 Å². The lowest BCUT2D eigenvalue weighted by Gasteiger charge is -2.18. The molecule has 0 aromatic rings. The third-order valence-corrected chi connectivity index (χ3v) is 2.41. The number of rotatable bonds is 10. The van der Waals surface area contributed by atoms with Crippen molar-refractivity contribution in [2.45, 2.75) is 19.8 Å². The summed E-state index contributed by atoms with van der Waals surface area (Å²) in [5.41, 5.74) is 0. The molecular weight excluding hydrogens is 381 g/mol. The highest BCUT2D eigenvalue weighted by atomic mass is 127. The van der Waals surface area contributed by atoms with Gasteiger partial charge in [-0.3, -0.25) is 0 Å². The maximum Gasteiger partial charge on any atom is 0.257 e. The minimum absolute atomic E-state index is 0. The molecule has 122 valence electrons. The highest BCUT2D eigenvalue weighted by Crippen LogP contribution is 1.91. The summed E-state index contributed by atoms with van der Waals surface area (Å²) < 4.78 is 29.1. The predicted octanol–water partition coefficient (Wildman–Crippen LogP) is 1.39. The van der Waals surface area contributed by atoms with Gasteiger partial charge < -0.3 is 20.3 Å². The standard InChI is InChI=1S/C12H26F2N4O.HI/c1-4-15-12(17-10-11(13)14)16-6-8-18(2)7-5-9-19-3;/h11H,4-10H2,1-3H3,(H2,15,16,17);1H. The van der Waals surface area contributed by atoms with Crippen LogP contribution in [-0.2, 0) is 4.74 Å². The van der Waals surface area contributed by atoms with E-state index in [2.05, 4.69) is 20.5 Å². The molecule has 0 spiro atoms. The van der Waals surface area contributed by atoms with E-state index >= 15 is 0 Å². The van der Waals surface area contributed by atoms with Crippen molar-refractivity contribution in [1.82, 2.24) is 15.5 Å². The molecule has 0 amide bonds. The van der Waals surface area contributed by atoms with Gasteiger partial charge in [-0.2, -0.15) is 0 Å². The summed E-state index contributed by atoms with van der Waals surface area (Å²) in [5, 5.41) is 5.96. The van der Waals surface area contributed by atoms with Gasteiger partial charge in [0.15, 0.2) is 5.96 Å². The van der Waals surface area contributed by atoms with Gasteiger partial charge in [0.1, 0.15) is 6.54 Å². The van der Waals surface area contributed by atoms with Crippen molar-refractivity contribution < 1.29 is 13.5 Å². The molecule has 0 unspecified atom stereocenters. The molecule has 0 rings (SSSR count). The van der Waals surface area contributed by atoms with Gasteiger partial charge in [0.25, 0.3) is 6.43 Å². The fourth-order valence-corrected chi connectivity index (χ4v) is 1.46. The molecule has 0 saturated carbocycles. The predicted molar refractivity (Wildman–Crippen MR) is 89.4 cm³/mol. The number of alkyl halides is 2. The van der Waals surface area contributed by atoms with Gasteiger partial charge in [-0.1, -0.05) is 0 Å². The summed E-state index contributed by atoms with van der Waals surface area (Å²) in [7, 11) is 3.70. The summed E-state index contributed by atoms with van der Waals surface area (Å²) in [6, 6.07) is 0. The zero-order valence-corrected chi connectivity index (χ0v) is 14.8.